The van der Waals surface area contributed by atoms with Crippen LogP contribution in [0.5, 0.6) is 29.5 Å². The average Bonchev–Trinajstić information content (AvgIpc) is 1.33. The summed E-state index contributed by atoms with van der Waals surface area (Å²) in [5, 5.41) is 19.7. The number of likely N-dealkylation sites (N-methyl/N-ethyl adjacent to an activating group) is 2. The van der Waals surface area contributed by atoms with Gasteiger partial charge in [-0.25, -0.2) is 6.57 Å². The fourth-order valence-electron chi connectivity index (χ4n) is 17.7. The van der Waals surface area contributed by atoms with E-state index in [-0.39, 0.29) is 72.9 Å². The van der Waals surface area contributed by atoms with Gasteiger partial charge in [0.25, 0.3) is 0 Å². The number of nitriles is 1. The van der Waals surface area contributed by atoms with Crippen molar-refractivity contribution in [3.8, 4) is 35.6 Å². The van der Waals surface area contributed by atoms with E-state index in [1.165, 1.54) is 80.3 Å². The van der Waals surface area contributed by atoms with E-state index in [0.717, 1.165) is 128 Å². The number of likely N-dealkylation sites (tertiary alicyclic amines) is 3. The Morgan fingerprint density at radius 1 is 0.580 bits per heavy atom. The van der Waals surface area contributed by atoms with Gasteiger partial charge >= 0.3 is 24.4 Å². The maximum absolute atomic E-state index is 13.1. The van der Waals surface area contributed by atoms with E-state index in [4.69, 9.17) is 50.7 Å². The number of hydrogen-bond donors (Lipinski definition) is 1. The molecule has 3 amide bonds. The number of aryl methyl sites for hydroxylation is 2. The smallest absolute Gasteiger partial charge is 0.508 e. The van der Waals surface area contributed by atoms with Crippen molar-refractivity contribution in [2.45, 2.75) is 148 Å². The van der Waals surface area contributed by atoms with E-state index in [0.29, 0.717) is 147 Å². The molecule has 9 aliphatic rings. The summed E-state index contributed by atoms with van der Waals surface area (Å²) in [6, 6.07) is 15.0. The number of ether oxygens (including phenoxy) is 4. The molecule has 6 aromatic rings. The number of phenols is 1. The van der Waals surface area contributed by atoms with Gasteiger partial charge in [0.05, 0.1) is 79.4 Å². The number of hydrogen-bond acceptors (Lipinski definition) is 25. The number of fused-ring (bicyclic) bond motifs is 3. The van der Waals surface area contributed by atoms with Gasteiger partial charge in [-0.05, 0) is 184 Å². The van der Waals surface area contributed by atoms with Crippen LogP contribution in [-0.2, 0) is 53.3 Å². The summed E-state index contributed by atoms with van der Waals surface area (Å²) >= 11 is 0. The van der Waals surface area contributed by atoms with E-state index in [2.05, 4.69) is 108 Å². The number of aromatic hydroxyl groups is 1. The topological polar surface area (TPSA) is 266 Å². The lowest BCUT2D eigenvalue weighted by molar-refractivity contribution is -0.274. The Morgan fingerprint density at radius 3 is 1.61 bits per heavy atom. The Hall–Kier alpha value is -11.1. The number of rotatable bonds is 23. The molecule has 4 aromatic heterocycles. The molecule has 0 bridgehead atoms. The SMILES string of the molecule is C=CC(=O)N1CCN(c2nc(OCCCN3CCCCC3)nc3c2CCN(c2cc(O)cc(C)c2C)C3)CC1.C=CC(=O)N1CCN(c2nc(OC[C@@H]3CCCN3C)nc3c2CCN(c2ccccc2OC(F)(F)F)C3)CC1CC#N.[C-]#[N+]CC1CN(c2nc(OC[C@@H]3CCCN3C)nc3c2CCN(c2cnccc2C)C3)CCN1C(=O)C=C. The highest BCUT2D eigenvalue weighted by Gasteiger charge is 2.40. The number of phenolic OH excluding ortho intramolecular Hbond substituents is 1. The number of alkyl halides is 3. The predicted octanol–water partition coefficient (Wildman–Crippen LogP) is 9.32. The molecule has 6 saturated heterocycles. The minimum Gasteiger partial charge on any atom is -0.508 e. The predicted molar refractivity (Wildman–Crippen MR) is 449 cm³/mol. The number of carbonyl (C=O) groups is 3. The minimum atomic E-state index is -4.82. The first-order valence-electron chi connectivity index (χ1n) is 41.8. The summed E-state index contributed by atoms with van der Waals surface area (Å²) in [5.74, 6) is 2.10. The molecule has 0 spiro atoms. The maximum Gasteiger partial charge on any atom is 0.573 e. The Kier molecular flexibility index (Phi) is 28.6. The number of anilines is 6. The highest BCUT2D eigenvalue weighted by atomic mass is 19.4. The lowest BCUT2D eigenvalue weighted by atomic mass is 10.0. The van der Waals surface area contributed by atoms with E-state index in [1.807, 2.05) is 47.3 Å². The van der Waals surface area contributed by atoms with Crippen molar-refractivity contribution in [3.63, 3.8) is 0 Å². The summed E-state index contributed by atoms with van der Waals surface area (Å²) in [6.45, 7) is 41.1. The third kappa shape index (κ3) is 21.1. The monoisotopic (exact) mass is 1640 g/mol. The molecule has 6 fully saturated rings. The van der Waals surface area contributed by atoms with Crippen molar-refractivity contribution in [3.05, 3.63) is 155 Å². The van der Waals surface area contributed by atoms with Crippen molar-refractivity contribution in [1.82, 2.24) is 64.3 Å². The molecule has 32 heteroatoms. The lowest BCUT2D eigenvalue weighted by Gasteiger charge is -2.42. The van der Waals surface area contributed by atoms with Crippen LogP contribution < -0.4 is 48.3 Å². The zero-order valence-corrected chi connectivity index (χ0v) is 69.4. The van der Waals surface area contributed by atoms with Crippen LogP contribution in [0.3, 0.4) is 0 Å². The van der Waals surface area contributed by atoms with Gasteiger partial charge in [-0.3, -0.25) is 19.4 Å². The van der Waals surface area contributed by atoms with Gasteiger partial charge in [-0.15, -0.1) is 13.2 Å². The summed E-state index contributed by atoms with van der Waals surface area (Å²) in [6.07, 6.45) is 14.4. The van der Waals surface area contributed by atoms with Crippen LogP contribution in [0.1, 0.15) is 108 Å². The van der Waals surface area contributed by atoms with Crippen molar-refractivity contribution >= 4 is 52.2 Å². The number of amides is 3. The molecule has 2 aromatic carbocycles. The molecule has 29 nitrogen and oxygen atoms in total. The van der Waals surface area contributed by atoms with Crippen LogP contribution in [0.25, 0.3) is 4.85 Å². The Balaban J connectivity index is 0.000000155. The van der Waals surface area contributed by atoms with Gasteiger partial charge in [0, 0.05) is 138 Å². The van der Waals surface area contributed by atoms with Crippen LogP contribution in [0, 0.1) is 38.7 Å². The Bertz CT molecular complexity index is 4680. The highest BCUT2D eigenvalue weighted by Crippen LogP contribution is 2.41. The van der Waals surface area contributed by atoms with Gasteiger partial charge in [0.2, 0.25) is 24.3 Å². The third-order valence-electron chi connectivity index (χ3n) is 24.4. The van der Waals surface area contributed by atoms with E-state index in [9.17, 15) is 37.9 Å². The number of para-hydroxylation sites is 2. The second-order valence-electron chi connectivity index (χ2n) is 32.0. The van der Waals surface area contributed by atoms with Crippen LogP contribution >= 0.6 is 0 Å². The molecule has 634 valence electrons. The normalized spacial score (nSPS) is 20.3. The first-order valence-corrected chi connectivity index (χ1v) is 41.8. The molecule has 0 saturated carbocycles. The van der Waals surface area contributed by atoms with Crippen molar-refractivity contribution in [2.75, 3.05) is 188 Å². The largest absolute Gasteiger partial charge is 0.573 e. The molecule has 2 unspecified atom stereocenters. The van der Waals surface area contributed by atoms with E-state index < -0.39 is 6.36 Å². The molecule has 13 heterocycles. The summed E-state index contributed by atoms with van der Waals surface area (Å²) in [4.78, 5) is 99.5. The summed E-state index contributed by atoms with van der Waals surface area (Å²) in [7, 11) is 4.19. The van der Waals surface area contributed by atoms with Gasteiger partial charge in [0.1, 0.15) is 42.5 Å². The number of carbonyl (C=O) groups excluding carboxylic acids is 3. The number of pyridine rings is 1. The van der Waals surface area contributed by atoms with Crippen molar-refractivity contribution < 1.29 is 51.6 Å². The van der Waals surface area contributed by atoms with Crippen LogP contribution in [0.15, 0.2) is 92.8 Å². The fourth-order valence-corrected chi connectivity index (χ4v) is 17.7. The number of halogens is 3. The molecular weight excluding hydrogens is 1520 g/mol. The Morgan fingerprint density at radius 2 is 1.09 bits per heavy atom. The molecule has 0 radical (unpaired) electrons. The second kappa shape index (κ2) is 39.6. The summed E-state index contributed by atoms with van der Waals surface area (Å²) in [5.41, 5.74) is 11.7. The molecule has 9 aliphatic heterocycles. The maximum atomic E-state index is 13.1. The zero-order valence-electron chi connectivity index (χ0n) is 69.4. The number of piperidine rings is 1. The molecule has 119 heavy (non-hydrogen) atoms. The van der Waals surface area contributed by atoms with E-state index >= 15 is 0 Å². The highest BCUT2D eigenvalue weighted by molar-refractivity contribution is 5.88. The lowest BCUT2D eigenvalue weighted by Crippen LogP contribution is -2.56. The van der Waals surface area contributed by atoms with Gasteiger partial charge < -0.3 is 87.7 Å². The average molecular weight is 1640 g/mol. The molecule has 1 N–H and O–H groups in total. The number of aromatic nitrogens is 7. The number of piperazine rings is 3. The number of benzene rings is 2. The fraction of sp³-hybridized carbons (Fsp3) is 0.540. The molecule has 4 atom stereocenters. The van der Waals surface area contributed by atoms with Crippen molar-refractivity contribution in [1.29, 1.82) is 5.26 Å². The van der Waals surface area contributed by atoms with Crippen LogP contribution in [0.4, 0.5) is 47.7 Å². The van der Waals surface area contributed by atoms with Gasteiger partial charge in [-0.2, -0.15) is 35.2 Å². The minimum absolute atomic E-state index is 0.0236. The first kappa shape index (κ1) is 85.8. The third-order valence-corrected chi connectivity index (χ3v) is 24.4. The Labute approximate surface area is 696 Å². The van der Waals surface area contributed by atoms with Gasteiger partial charge in [-0.1, -0.05) is 38.3 Å². The van der Waals surface area contributed by atoms with Crippen LogP contribution in [0.2, 0.25) is 0 Å². The van der Waals surface area contributed by atoms with E-state index in [1.54, 1.807) is 21.9 Å². The summed E-state index contributed by atoms with van der Waals surface area (Å²) < 4.78 is 62.2. The first-order chi connectivity index (χ1) is 57.6. The molecule has 0 aliphatic carbocycles. The van der Waals surface area contributed by atoms with Crippen molar-refractivity contribution in [2.24, 2.45) is 0 Å². The number of nitrogens with zero attached hydrogens (tertiary/aromatic N) is 21. The quantitative estimate of drug-likeness (QED) is 0.0355. The molecule has 15 rings (SSSR count). The standard InChI is InChI=1S/C30H42N6O3.C29H34F3N7O3.C28H36N8O2/c1-4-28(38)34-14-16-35(17-15-34)29-25-9-13-36(27-20-24(37)19-22(2)23(27)3)21-26(25)31-30(32-29)39-18-8-12-33-10-6-5-7-11-33;1-3-26(40)39-16-15-38(17-20(39)10-12-33)27-22-11-14-37(24-8-4-5-9-25(24)42-29(30,31)32)18-23(22)34-28(35-27)41-19-21-7-6-13-36(21)2;1-5-26(37)36-14-13-35(17-22(36)15-29-3)27-23-9-12-34(25-16-30-10-8-20(25)2)18-24(23)31-28(32-27)38-19-21-7-6-11-33(21)4/h4,19-20,37H,1,5-18,21H2,2-3H3;3-5,8-9,20-21H,1,6-7,10-11,13-19H2,2H3;5,8,10,16,21-22H,1,6-7,9,11-15,17-19H2,2,4H3/t;20?,21-;21-,22?/m.00/s1. The molecular formula is C87H112F3N21O8. The zero-order chi connectivity index (χ0) is 83.9. The van der Waals surface area contributed by atoms with Crippen LogP contribution in [-0.4, -0.2) is 276 Å². The second-order valence-corrected chi connectivity index (χ2v) is 32.0. The van der Waals surface area contributed by atoms with Gasteiger partial charge in [0.15, 0.2) is 5.75 Å².